The number of hydrogen-bond acceptors (Lipinski definition) is 2. The van der Waals surface area contributed by atoms with Crippen LogP contribution in [0.1, 0.15) is 29.8 Å². The molecule has 0 aliphatic heterocycles. The molecule has 0 heterocycles. The van der Waals surface area contributed by atoms with Gasteiger partial charge in [-0.15, -0.1) is 0 Å². The Morgan fingerprint density at radius 1 is 1.30 bits per heavy atom. The number of carbonyl (C=O) groups excluding carboxylic acids is 1. The molecule has 1 aromatic rings. The number of carbonyl (C=O) groups is 1. The predicted octanol–water partition coefficient (Wildman–Crippen LogP) is 3.45. The zero-order valence-electron chi connectivity index (χ0n) is 11.8. The molecule has 0 bridgehead atoms. The molecular formula is C14H19F3N2O. The zero-order valence-corrected chi connectivity index (χ0v) is 11.8. The molecule has 0 spiro atoms. The minimum atomic E-state index is -4.39. The van der Waals surface area contributed by atoms with Crippen LogP contribution >= 0.6 is 0 Å². The number of nitrogens with zero attached hydrogens (tertiary/aromatic N) is 1. The number of nitrogens with one attached hydrogen (secondary N) is 1. The van der Waals surface area contributed by atoms with Gasteiger partial charge in [0.25, 0.3) is 5.91 Å². The molecule has 0 aliphatic carbocycles. The van der Waals surface area contributed by atoms with Gasteiger partial charge in [-0.1, -0.05) is 6.07 Å². The molecule has 6 heteroatoms. The van der Waals surface area contributed by atoms with Crippen molar-refractivity contribution < 1.29 is 18.0 Å². The van der Waals surface area contributed by atoms with Gasteiger partial charge in [-0.25, -0.2) is 0 Å². The van der Waals surface area contributed by atoms with Crippen molar-refractivity contribution in [3.05, 3.63) is 29.3 Å². The summed E-state index contributed by atoms with van der Waals surface area (Å²) in [6.07, 6.45) is -4.39. The summed E-state index contributed by atoms with van der Waals surface area (Å²) in [6.45, 7) is 4.63. The maximum atomic E-state index is 12.5. The number of hydrogen-bond donors (Lipinski definition) is 1. The van der Waals surface area contributed by atoms with E-state index in [1.807, 2.05) is 13.8 Å². The SMILES string of the molecule is CCNc1cc(C)ccc1C(=O)N(CC)CC(F)(F)F. The fourth-order valence-electron chi connectivity index (χ4n) is 1.90. The van der Waals surface area contributed by atoms with Crippen LogP contribution in [0.3, 0.4) is 0 Å². The summed E-state index contributed by atoms with van der Waals surface area (Å²) in [7, 11) is 0. The van der Waals surface area contributed by atoms with E-state index in [9.17, 15) is 18.0 Å². The molecule has 20 heavy (non-hydrogen) atoms. The Bertz CT molecular complexity index is 472. The lowest BCUT2D eigenvalue weighted by Crippen LogP contribution is -2.39. The van der Waals surface area contributed by atoms with E-state index in [4.69, 9.17) is 0 Å². The Hall–Kier alpha value is -1.72. The molecule has 0 aromatic heterocycles. The third kappa shape index (κ3) is 4.43. The van der Waals surface area contributed by atoms with Gasteiger partial charge in [0, 0.05) is 18.8 Å². The maximum Gasteiger partial charge on any atom is 0.406 e. The van der Waals surface area contributed by atoms with Crippen molar-refractivity contribution in [2.24, 2.45) is 0 Å². The smallest absolute Gasteiger partial charge is 0.385 e. The Labute approximate surface area is 116 Å². The second-order valence-electron chi connectivity index (χ2n) is 4.51. The number of rotatable bonds is 5. The van der Waals surface area contributed by atoms with Gasteiger partial charge in [0.2, 0.25) is 0 Å². The van der Waals surface area contributed by atoms with Crippen molar-refractivity contribution in [3.63, 3.8) is 0 Å². The predicted molar refractivity (Wildman–Crippen MR) is 73.0 cm³/mol. The van der Waals surface area contributed by atoms with E-state index in [0.717, 1.165) is 10.5 Å². The third-order valence-corrected chi connectivity index (χ3v) is 2.81. The normalized spacial score (nSPS) is 11.3. The number of anilines is 1. The molecule has 0 fully saturated rings. The molecule has 112 valence electrons. The van der Waals surface area contributed by atoms with Gasteiger partial charge in [0.05, 0.1) is 5.56 Å². The number of alkyl halides is 3. The van der Waals surface area contributed by atoms with Crippen LogP contribution in [0, 0.1) is 6.92 Å². The summed E-state index contributed by atoms with van der Waals surface area (Å²) in [6, 6.07) is 5.04. The second kappa shape index (κ2) is 6.63. The molecule has 1 aromatic carbocycles. The van der Waals surface area contributed by atoms with Gasteiger partial charge in [-0.3, -0.25) is 4.79 Å². The molecule has 3 nitrogen and oxygen atoms in total. The molecule has 0 saturated heterocycles. The van der Waals surface area contributed by atoms with Gasteiger partial charge < -0.3 is 10.2 Å². The number of amides is 1. The van der Waals surface area contributed by atoms with Crippen molar-refractivity contribution in [2.45, 2.75) is 26.9 Å². The van der Waals surface area contributed by atoms with Gasteiger partial charge >= 0.3 is 6.18 Å². The number of aryl methyl sites for hydroxylation is 1. The molecule has 1 N–H and O–H groups in total. The van der Waals surface area contributed by atoms with E-state index >= 15 is 0 Å². The first kappa shape index (κ1) is 16.3. The van der Waals surface area contributed by atoms with Crippen molar-refractivity contribution in [3.8, 4) is 0 Å². The lowest BCUT2D eigenvalue weighted by atomic mass is 10.1. The van der Waals surface area contributed by atoms with Gasteiger partial charge in [0.15, 0.2) is 0 Å². The Kier molecular flexibility index (Phi) is 5.42. The van der Waals surface area contributed by atoms with Crippen LogP contribution in [0.5, 0.6) is 0 Å². The standard InChI is InChI=1S/C14H19F3N2O/c1-4-18-12-8-10(3)6-7-11(12)13(20)19(5-2)9-14(15,16)17/h6-8,18H,4-5,9H2,1-3H3. The average Bonchev–Trinajstić information content (AvgIpc) is 2.35. The molecule has 0 saturated carbocycles. The Balaban J connectivity index is 3.05. The van der Waals surface area contributed by atoms with Crippen LogP contribution in [0.25, 0.3) is 0 Å². The van der Waals surface area contributed by atoms with Crippen LogP contribution < -0.4 is 5.32 Å². The van der Waals surface area contributed by atoms with Crippen molar-refractivity contribution >= 4 is 11.6 Å². The highest BCUT2D eigenvalue weighted by atomic mass is 19.4. The second-order valence-corrected chi connectivity index (χ2v) is 4.51. The van der Waals surface area contributed by atoms with E-state index < -0.39 is 18.6 Å². The summed E-state index contributed by atoms with van der Waals surface area (Å²) in [4.78, 5) is 13.0. The number of halogens is 3. The van der Waals surface area contributed by atoms with E-state index in [1.165, 1.54) is 6.92 Å². The van der Waals surface area contributed by atoms with E-state index in [1.54, 1.807) is 18.2 Å². The van der Waals surface area contributed by atoms with Crippen LogP contribution in [-0.2, 0) is 0 Å². The Morgan fingerprint density at radius 2 is 1.95 bits per heavy atom. The Morgan fingerprint density at radius 3 is 2.45 bits per heavy atom. The maximum absolute atomic E-state index is 12.5. The summed E-state index contributed by atoms with van der Waals surface area (Å²) >= 11 is 0. The molecular weight excluding hydrogens is 269 g/mol. The monoisotopic (exact) mass is 288 g/mol. The highest BCUT2D eigenvalue weighted by Crippen LogP contribution is 2.22. The quantitative estimate of drug-likeness (QED) is 0.900. The fraction of sp³-hybridized carbons (Fsp3) is 0.500. The first-order chi connectivity index (χ1) is 9.28. The van der Waals surface area contributed by atoms with Gasteiger partial charge in [-0.2, -0.15) is 13.2 Å². The van der Waals surface area contributed by atoms with Crippen molar-refractivity contribution in [2.75, 3.05) is 25.0 Å². The first-order valence-corrected chi connectivity index (χ1v) is 6.49. The van der Waals surface area contributed by atoms with Crippen LogP contribution in [0.15, 0.2) is 18.2 Å². The third-order valence-electron chi connectivity index (χ3n) is 2.81. The van der Waals surface area contributed by atoms with Crippen molar-refractivity contribution in [1.29, 1.82) is 0 Å². The minimum Gasteiger partial charge on any atom is -0.385 e. The topological polar surface area (TPSA) is 32.3 Å². The molecule has 0 atom stereocenters. The van der Waals surface area contributed by atoms with E-state index in [0.29, 0.717) is 12.2 Å². The summed E-state index contributed by atoms with van der Waals surface area (Å²) in [5.41, 5.74) is 1.78. The van der Waals surface area contributed by atoms with E-state index in [2.05, 4.69) is 5.32 Å². The van der Waals surface area contributed by atoms with Crippen molar-refractivity contribution in [1.82, 2.24) is 4.90 Å². The van der Waals surface area contributed by atoms with Crippen LogP contribution in [0.4, 0.5) is 18.9 Å². The average molecular weight is 288 g/mol. The fourth-order valence-corrected chi connectivity index (χ4v) is 1.90. The summed E-state index contributed by atoms with van der Waals surface area (Å²) in [5.74, 6) is -0.610. The van der Waals surface area contributed by atoms with Crippen LogP contribution in [-0.4, -0.2) is 36.6 Å². The van der Waals surface area contributed by atoms with Crippen LogP contribution in [0.2, 0.25) is 0 Å². The molecule has 0 unspecified atom stereocenters. The number of benzene rings is 1. The summed E-state index contributed by atoms with van der Waals surface area (Å²) in [5, 5.41) is 3.01. The first-order valence-electron chi connectivity index (χ1n) is 6.49. The molecule has 0 aliphatic rings. The van der Waals surface area contributed by atoms with Gasteiger partial charge in [-0.05, 0) is 38.5 Å². The van der Waals surface area contributed by atoms with E-state index in [-0.39, 0.29) is 12.1 Å². The lowest BCUT2D eigenvalue weighted by Gasteiger charge is -2.23. The minimum absolute atomic E-state index is 0.0117. The van der Waals surface area contributed by atoms with Gasteiger partial charge in [0.1, 0.15) is 6.54 Å². The largest absolute Gasteiger partial charge is 0.406 e. The highest BCUT2D eigenvalue weighted by molar-refractivity contribution is 5.99. The molecule has 0 radical (unpaired) electrons. The summed E-state index contributed by atoms with van der Waals surface area (Å²) < 4.78 is 37.4. The molecule has 1 amide bonds. The molecule has 1 rings (SSSR count). The zero-order chi connectivity index (χ0) is 15.3. The highest BCUT2D eigenvalue weighted by Gasteiger charge is 2.33. The lowest BCUT2D eigenvalue weighted by molar-refractivity contribution is -0.140.